The van der Waals surface area contributed by atoms with Gasteiger partial charge in [0.15, 0.2) is 6.61 Å². The maximum atomic E-state index is 11.8. The van der Waals surface area contributed by atoms with E-state index < -0.39 is 11.9 Å². The summed E-state index contributed by atoms with van der Waals surface area (Å²) in [7, 11) is 0. The van der Waals surface area contributed by atoms with Gasteiger partial charge in [-0.3, -0.25) is 4.79 Å². The number of hydrogen-bond donors (Lipinski definition) is 1. The summed E-state index contributed by atoms with van der Waals surface area (Å²) in [5.41, 5.74) is 2.56. The number of rotatable bonds is 5. The van der Waals surface area contributed by atoms with Gasteiger partial charge in [0.25, 0.3) is 5.91 Å². The summed E-state index contributed by atoms with van der Waals surface area (Å²) >= 11 is 6.73. The number of carbonyl (C=O) groups is 2. The van der Waals surface area contributed by atoms with Crippen LogP contribution in [0, 0.1) is 6.92 Å². The Morgan fingerprint density at radius 2 is 1.96 bits per heavy atom. The first kappa shape index (κ1) is 18.4. The van der Waals surface area contributed by atoms with Gasteiger partial charge in [0.05, 0.1) is 5.69 Å². The van der Waals surface area contributed by atoms with Crippen LogP contribution in [-0.2, 0) is 14.3 Å². The van der Waals surface area contributed by atoms with Gasteiger partial charge in [-0.2, -0.15) is 0 Å². The number of aryl methyl sites for hydroxylation is 1. The predicted molar refractivity (Wildman–Crippen MR) is 102 cm³/mol. The van der Waals surface area contributed by atoms with Crippen LogP contribution in [-0.4, -0.2) is 18.5 Å². The molecule has 0 aliphatic carbocycles. The fraction of sp³-hybridized carbons (Fsp3) is 0.111. The molecule has 0 spiro atoms. The van der Waals surface area contributed by atoms with Crippen LogP contribution in [0.15, 0.2) is 57.5 Å². The summed E-state index contributed by atoms with van der Waals surface area (Å²) in [5, 5.41) is 2.68. The molecule has 24 heavy (non-hydrogen) atoms. The highest BCUT2D eigenvalue weighted by Gasteiger charge is 2.08. The van der Waals surface area contributed by atoms with E-state index in [0.29, 0.717) is 5.69 Å². The maximum Gasteiger partial charge on any atom is 0.331 e. The lowest BCUT2D eigenvalue weighted by Crippen LogP contribution is -2.20. The molecule has 0 aliphatic heterocycles. The molecule has 0 aliphatic rings. The number of carbonyl (C=O) groups excluding carboxylic acids is 2. The average molecular weight is 453 g/mol. The standard InChI is InChI=1S/C18H15Br2NO3/c1-12-5-7-16(15(20)9-12)21-17(22)11-24-18(23)8-6-13-3-2-4-14(19)10-13/h2-10H,11H2,1H3,(H,21,22)/b8-6+. The molecule has 0 heterocycles. The third kappa shape index (κ3) is 5.94. The number of nitrogens with one attached hydrogen (secondary N) is 1. The number of amides is 1. The molecule has 0 atom stereocenters. The smallest absolute Gasteiger partial charge is 0.331 e. The molecule has 0 aromatic heterocycles. The second-order valence-electron chi connectivity index (χ2n) is 5.03. The van der Waals surface area contributed by atoms with Crippen LogP contribution in [0.5, 0.6) is 0 Å². The van der Waals surface area contributed by atoms with Crippen molar-refractivity contribution < 1.29 is 14.3 Å². The number of hydrogen-bond acceptors (Lipinski definition) is 3. The molecule has 0 bridgehead atoms. The van der Waals surface area contributed by atoms with Crippen molar-refractivity contribution in [3.8, 4) is 0 Å². The third-order valence-corrected chi connectivity index (χ3v) is 4.15. The summed E-state index contributed by atoms with van der Waals surface area (Å²) in [5.74, 6) is -0.975. The predicted octanol–water partition coefficient (Wildman–Crippen LogP) is 4.72. The van der Waals surface area contributed by atoms with E-state index in [1.54, 1.807) is 12.1 Å². The minimum Gasteiger partial charge on any atom is -0.452 e. The van der Waals surface area contributed by atoms with Crippen LogP contribution in [0.2, 0.25) is 0 Å². The van der Waals surface area contributed by atoms with Crippen molar-refractivity contribution in [2.75, 3.05) is 11.9 Å². The molecule has 6 heteroatoms. The van der Waals surface area contributed by atoms with E-state index in [4.69, 9.17) is 4.74 Å². The maximum absolute atomic E-state index is 11.8. The van der Waals surface area contributed by atoms with Crippen LogP contribution >= 0.6 is 31.9 Å². The Balaban J connectivity index is 1.83. The molecule has 1 amide bonds. The zero-order valence-corrected chi connectivity index (χ0v) is 16.1. The van der Waals surface area contributed by atoms with E-state index in [9.17, 15) is 9.59 Å². The molecule has 4 nitrogen and oxygen atoms in total. The topological polar surface area (TPSA) is 55.4 Å². The van der Waals surface area contributed by atoms with E-state index in [-0.39, 0.29) is 6.61 Å². The van der Waals surface area contributed by atoms with Crippen LogP contribution in [0.3, 0.4) is 0 Å². The molecule has 0 fully saturated rings. The molecule has 0 unspecified atom stereocenters. The quantitative estimate of drug-likeness (QED) is 0.527. The molecular weight excluding hydrogens is 438 g/mol. The Hall–Kier alpha value is -1.92. The lowest BCUT2D eigenvalue weighted by Gasteiger charge is -2.08. The Bertz CT molecular complexity index is 788. The van der Waals surface area contributed by atoms with Crippen LogP contribution in [0.4, 0.5) is 5.69 Å². The Labute approximate surface area is 157 Å². The summed E-state index contributed by atoms with van der Waals surface area (Å²) in [6, 6.07) is 13.0. The van der Waals surface area contributed by atoms with Gasteiger partial charge in [-0.05, 0) is 64.3 Å². The highest BCUT2D eigenvalue weighted by atomic mass is 79.9. The first-order valence-electron chi connectivity index (χ1n) is 7.10. The van der Waals surface area contributed by atoms with Gasteiger partial charge in [-0.1, -0.05) is 34.1 Å². The number of benzene rings is 2. The molecule has 0 saturated heterocycles. The van der Waals surface area contributed by atoms with Gasteiger partial charge in [0, 0.05) is 15.0 Å². The van der Waals surface area contributed by atoms with Crippen molar-refractivity contribution in [3.63, 3.8) is 0 Å². The summed E-state index contributed by atoms with van der Waals surface area (Å²) in [6.07, 6.45) is 2.92. The van der Waals surface area contributed by atoms with Crippen LogP contribution in [0.1, 0.15) is 11.1 Å². The molecule has 2 rings (SSSR count). The van der Waals surface area contributed by atoms with E-state index in [0.717, 1.165) is 20.1 Å². The molecule has 1 N–H and O–H groups in total. The zero-order valence-electron chi connectivity index (χ0n) is 12.9. The summed E-state index contributed by atoms with van der Waals surface area (Å²) in [6.45, 7) is 1.61. The van der Waals surface area contributed by atoms with E-state index in [2.05, 4.69) is 37.2 Å². The zero-order chi connectivity index (χ0) is 17.5. The van der Waals surface area contributed by atoms with Crippen molar-refractivity contribution in [3.05, 3.63) is 68.6 Å². The SMILES string of the molecule is Cc1ccc(NC(=O)COC(=O)/C=C/c2cccc(Br)c2)c(Br)c1. The van der Waals surface area contributed by atoms with E-state index in [1.807, 2.05) is 43.3 Å². The number of anilines is 1. The van der Waals surface area contributed by atoms with Gasteiger partial charge >= 0.3 is 5.97 Å². The highest BCUT2D eigenvalue weighted by Crippen LogP contribution is 2.23. The average Bonchev–Trinajstić information content (AvgIpc) is 2.54. The van der Waals surface area contributed by atoms with Gasteiger partial charge in [0.2, 0.25) is 0 Å². The van der Waals surface area contributed by atoms with E-state index in [1.165, 1.54) is 6.08 Å². The number of halogens is 2. The largest absolute Gasteiger partial charge is 0.452 e. The van der Waals surface area contributed by atoms with Crippen molar-refractivity contribution in [2.24, 2.45) is 0 Å². The lowest BCUT2D eigenvalue weighted by molar-refractivity contribution is -0.142. The van der Waals surface area contributed by atoms with Crippen molar-refractivity contribution in [1.82, 2.24) is 0 Å². The molecule has 124 valence electrons. The minimum absolute atomic E-state index is 0.345. The monoisotopic (exact) mass is 451 g/mol. The fourth-order valence-corrected chi connectivity index (χ4v) is 2.88. The minimum atomic E-state index is -0.576. The van der Waals surface area contributed by atoms with E-state index >= 15 is 0 Å². The van der Waals surface area contributed by atoms with Gasteiger partial charge in [-0.25, -0.2) is 4.79 Å². The second-order valence-corrected chi connectivity index (χ2v) is 6.80. The normalized spacial score (nSPS) is 10.6. The summed E-state index contributed by atoms with van der Waals surface area (Å²) < 4.78 is 6.62. The third-order valence-electron chi connectivity index (χ3n) is 3.00. The summed E-state index contributed by atoms with van der Waals surface area (Å²) in [4.78, 5) is 23.5. The van der Waals surface area contributed by atoms with Gasteiger partial charge in [0.1, 0.15) is 0 Å². The molecular formula is C18H15Br2NO3. The van der Waals surface area contributed by atoms with Crippen molar-refractivity contribution in [2.45, 2.75) is 6.92 Å². The Kier molecular flexibility index (Phi) is 6.75. The first-order valence-corrected chi connectivity index (χ1v) is 8.69. The lowest BCUT2D eigenvalue weighted by atomic mass is 10.2. The first-order chi connectivity index (χ1) is 11.4. The van der Waals surface area contributed by atoms with Gasteiger partial charge in [-0.15, -0.1) is 0 Å². The van der Waals surface area contributed by atoms with Crippen LogP contribution < -0.4 is 5.32 Å². The Morgan fingerprint density at radius 3 is 2.67 bits per heavy atom. The second kappa shape index (κ2) is 8.80. The molecule has 2 aromatic rings. The van der Waals surface area contributed by atoms with Crippen molar-refractivity contribution >= 4 is 55.5 Å². The van der Waals surface area contributed by atoms with Crippen molar-refractivity contribution in [1.29, 1.82) is 0 Å². The number of ether oxygens (including phenoxy) is 1. The highest BCUT2D eigenvalue weighted by molar-refractivity contribution is 9.10. The fourth-order valence-electron chi connectivity index (χ4n) is 1.87. The molecule has 0 radical (unpaired) electrons. The van der Waals surface area contributed by atoms with Gasteiger partial charge < -0.3 is 10.1 Å². The molecule has 0 saturated carbocycles. The Morgan fingerprint density at radius 1 is 1.17 bits per heavy atom. The molecule has 2 aromatic carbocycles. The number of esters is 1. The van der Waals surface area contributed by atoms with Crippen LogP contribution in [0.25, 0.3) is 6.08 Å².